The molecule has 2 rings (SSSR count). The number of hydrogen-bond donors (Lipinski definition) is 1. The van der Waals surface area contributed by atoms with E-state index in [0.29, 0.717) is 16.7 Å². The van der Waals surface area contributed by atoms with Crippen molar-refractivity contribution in [3.63, 3.8) is 0 Å². The Morgan fingerprint density at radius 1 is 1.19 bits per heavy atom. The standard InChI is InChI=1S/C14H16N4O2S/c1-8-5-6-11(7-9(8)2)21-13-12(18(19)20)10(3)16-14(15-4)17-13/h5-7H,1-4H3,(H,15,16,17). The molecule has 1 aromatic carbocycles. The number of aromatic nitrogens is 2. The Bertz CT molecular complexity index is 704. The molecule has 0 amide bonds. The van der Waals surface area contributed by atoms with E-state index in [4.69, 9.17) is 0 Å². The van der Waals surface area contributed by atoms with E-state index in [2.05, 4.69) is 15.3 Å². The van der Waals surface area contributed by atoms with Gasteiger partial charge in [0.15, 0.2) is 5.03 Å². The molecular weight excluding hydrogens is 288 g/mol. The van der Waals surface area contributed by atoms with Gasteiger partial charge in [0.25, 0.3) is 0 Å². The summed E-state index contributed by atoms with van der Waals surface area (Å²) in [6.45, 7) is 5.66. The van der Waals surface area contributed by atoms with Crippen molar-refractivity contribution < 1.29 is 4.92 Å². The molecule has 1 N–H and O–H groups in total. The normalized spacial score (nSPS) is 10.5. The predicted octanol–water partition coefficient (Wildman–Crippen LogP) is 3.50. The zero-order chi connectivity index (χ0) is 15.6. The second kappa shape index (κ2) is 6.09. The maximum absolute atomic E-state index is 11.2. The smallest absolute Gasteiger partial charge is 0.322 e. The first-order chi connectivity index (χ1) is 9.92. The van der Waals surface area contributed by atoms with Crippen LogP contribution in [0.3, 0.4) is 0 Å². The fraction of sp³-hybridized carbons (Fsp3) is 0.286. The van der Waals surface area contributed by atoms with Crippen LogP contribution in [0.15, 0.2) is 28.1 Å². The van der Waals surface area contributed by atoms with Gasteiger partial charge in [-0.3, -0.25) is 10.1 Å². The molecule has 6 nitrogen and oxygen atoms in total. The molecule has 1 heterocycles. The average Bonchev–Trinajstić information content (AvgIpc) is 2.41. The van der Waals surface area contributed by atoms with Gasteiger partial charge in [0.05, 0.1) is 4.92 Å². The summed E-state index contributed by atoms with van der Waals surface area (Å²) in [7, 11) is 1.69. The Balaban J connectivity index is 2.48. The molecule has 0 aliphatic carbocycles. The van der Waals surface area contributed by atoms with Crippen molar-refractivity contribution in [3.8, 4) is 0 Å². The number of anilines is 1. The lowest BCUT2D eigenvalue weighted by Gasteiger charge is -2.08. The van der Waals surface area contributed by atoms with E-state index in [9.17, 15) is 10.1 Å². The number of nitro groups is 1. The summed E-state index contributed by atoms with van der Waals surface area (Å²) < 4.78 is 0. The summed E-state index contributed by atoms with van der Waals surface area (Å²) in [5.41, 5.74) is 2.63. The molecule has 0 saturated heterocycles. The van der Waals surface area contributed by atoms with Crippen molar-refractivity contribution in [2.24, 2.45) is 0 Å². The number of nitrogens with one attached hydrogen (secondary N) is 1. The molecule has 0 bridgehead atoms. The van der Waals surface area contributed by atoms with Crippen LogP contribution in [0.25, 0.3) is 0 Å². The summed E-state index contributed by atoms with van der Waals surface area (Å²) in [5.74, 6) is 0.379. The van der Waals surface area contributed by atoms with E-state index in [-0.39, 0.29) is 5.69 Å². The Hall–Kier alpha value is -2.15. The summed E-state index contributed by atoms with van der Waals surface area (Å²) in [4.78, 5) is 20.0. The second-order valence-electron chi connectivity index (χ2n) is 4.64. The minimum absolute atomic E-state index is 0.0442. The second-order valence-corrected chi connectivity index (χ2v) is 5.70. The number of hydrogen-bond acceptors (Lipinski definition) is 6. The number of aryl methyl sites for hydroxylation is 3. The van der Waals surface area contributed by atoms with Gasteiger partial charge in [0.2, 0.25) is 5.95 Å². The van der Waals surface area contributed by atoms with Crippen LogP contribution < -0.4 is 5.32 Å². The van der Waals surface area contributed by atoms with Crippen molar-refractivity contribution >= 4 is 23.4 Å². The molecule has 7 heteroatoms. The monoisotopic (exact) mass is 304 g/mol. The van der Waals surface area contributed by atoms with Gasteiger partial charge in [-0.05, 0) is 44.0 Å². The molecule has 110 valence electrons. The molecule has 1 aromatic heterocycles. The highest BCUT2D eigenvalue weighted by Gasteiger charge is 2.22. The van der Waals surface area contributed by atoms with Crippen LogP contribution in [0.2, 0.25) is 0 Å². The van der Waals surface area contributed by atoms with Gasteiger partial charge in [0.1, 0.15) is 5.69 Å². The minimum Gasteiger partial charge on any atom is -0.357 e. The highest BCUT2D eigenvalue weighted by molar-refractivity contribution is 7.99. The van der Waals surface area contributed by atoms with E-state index in [1.807, 2.05) is 32.0 Å². The van der Waals surface area contributed by atoms with Crippen LogP contribution in [0.1, 0.15) is 16.8 Å². The van der Waals surface area contributed by atoms with Gasteiger partial charge in [-0.25, -0.2) is 4.98 Å². The summed E-state index contributed by atoms with van der Waals surface area (Å²) in [6, 6.07) is 5.93. The largest absolute Gasteiger partial charge is 0.357 e. The zero-order valence-corrected chi connectivity index (χ0v) is 13.1. The molecule has 2 aromatic rings. The lowest BCUT2D eigenvalue weighted by Crippen LogP contribution is -2.04. The van der Waals surface area contributed by atoms with Crippen LogP contribution in [0.4, 0.5) is 11.6 Å². The Labute approximate surface area is 127 Å². The fourth-order valence-corrected chi connectivity index (χ4v) is 2.87. The topological polar surface area (TPSA) is 81.0 Å². The first-order valence-corrected chi connectivity index (χ1v) is 7.20. The molecule has 0 radical (unpaired) electrons. The lowest BCUT2D eigenvalue weighted by molar-refractivity contribution is -0.389. The Morgan fingerprint density at radius 3 is 2.48 bits per heavy atom. The lowest BCUT2D eigenvalue weighted by atomic mass is 10.1. The van der Waals surface area contributed by atoms with Crippen LogP contribution in [-0.4, -0.2) is 21.9 Å². The van der Waals surface area contributed by atoms with Crippen molar-refractivity contribution in [2.75, 3.05) is 12.4 Å². The molecule has 0 saturated carbocycles. The van der Waals surface area contributed by atoms with E-state index < -0.39 is 4.92 Å². The van der Waals surface area contributed by atoms with Gasteiger partial charge < -0.3 is 5.32 Å². The molecule has 0 fully saturated rings. The zero-order valence-electron chi connectivity index (χ0n) is 12.3. The quantitative estimate of drug-likeness (QED) is 0.529. The van der Waals surface area contributed by atoms with Crippen LogP contribution in [0, 0.1) is 30.9 Å². The van der Waals surface area contributed by atoms with Crippen molar-refractivity contribution in [3.05, 3.63) is 45.1 Å². The molecular formula is C14H16N4O2S. The minimum atomic E-state index is -0.432. The number of benzene rings is 1. The predicted molar refractivity (Wildman–Crippen MR) is 83.0 cm³/mol. The van der Waals surface area contributed by atoms with Gasteiger partial charge in [-0.15, -0.1) is 0 Å². The third-order valence-electron chi connectivity index (χ3n) is 3.13. The highest BCUT2D eigenvalue weighted by atomic mass is 32.2. The highest BCUT2D eigenvalue weighted by Crippen LogP contribution is 2.35. The van der Waals surface area contributed by atoms with Crippen molar-refractivity contribution in [2.45, 2.75) is 30.7 Å². The fourth-order valence-electron chi connectivity index (χ4n) is 1.82. The maximum atomic E-state index is 11.2. The van der Waals surface area contributed by atoms with Crippen molar-refractivity contribution in [1.29, 1.82) is 0 Å². The van der Waals surface area contributed by atoms with Gasteiger partial charge in [-0.1, -0.05) is 17.8 Å². The Kier molecular flexibility index (Phi) is 4.42. The van der Waals surface area contributed by atoms with Crippen LogP contribution in [-0.2, 0) is 0 Å². The third-order valence-corrected chi connectivity index (χ3v) is 4.09. The van der Waals surface area contributed by atoms with E-state index in [1.165, 1.54) is 17.3 Å². The van der Waals surface area contributed by atoms with E-state index >= 15 is 0 Å². The molecule has 0 aliphatic rings. The third kappa shape index (κ3) is 3.30. The summed E-state index contributed by atoms with van der Waals surface area (Å²) in [6.07, 6.45) is 0. The first-order valence-electron chi connectivity index (χ1n) is 6.38. The van der Waals surface area contributed by atoms with Gasteiger partial charge >= 0.3 is 5.69 Å². The molecule has 21 heavy (non-hydrogen) atoms. The van der Waals surface area contributed by atoms with Crippen LogP contribution >= 0.6 is 11.8 Å². The van der Waals surface area contributed by atoms with Crippen molar-refractivity contribution in [1.82, 2.24) is 9.97 Å². The number of rotatable bonds is 4. The molecule has 0 spiro atoms. The van der Waals surface area contributed by atoms with E-state index in [0.717, 1.165) is 10.5 Å². The SMILES string of the molecule is CNc1nc(C)c([N+](=O)[O-])c(Sc2ccc(C)c(C)c2)n1. The molecule has 0 unspecified atom stereocenters. The van der Waals surface area contributed by atoms with E-state index in [1.54, 1.807) is 14.0 Å². The van der Waals surface area contributed by atoms with Gasteiger partial charge in [0, 0.05) is 11.9 Å². The summed E-state index contributed by atoms with van der Waals surface area (Å²) >= 11 is 1.28. The first kappa shape index (κ1) is 15.2. The average molecular weight is 304 g/mol. The van der Waals surface area contributed by atoms with Crippen LogP contribution in [0.5, 0.6) is 0 Å². The summed E-state index contributed by atoms with van der Waals surface area (Å²) in [5, 5.41) is 14.4. The molecule has 0 atom stereocenters. The molecule has 0 aliphatic heterocycles. The van der Waals surface area contributed by atoms with Gasteiger partial charge in [-0.2, -0.15) is 4.98 Å². The Morgan fingerprint density at radius 2 is 1.90 bits per heavy atom. The number of nitrogens with zero attached hydrogens (tertiary/aromatic N) is 3. The maximum Gasteiger partial charge on any atom is 0.322 e.